The van der Waals surface area contributed by atoms with E-state index in [9.17, 15) is 4.21 Å². The lowest BCUT2D eigenvalue weighted by atomic mass is 10.1. The zero-order valence-corrected chi connectivity index (χ0v) is 10.0. The zero-order chi connectivity index (χ0) is 11.1. The van der Waals surface area contributed by atoms with Crippen molar-refractivity contribution in [2.24, 2.45) is 10.3 Å². The third kappa shape index (κ3) is 1.86. The van der Waals surface area contributed by atoms with E-state index in [0.29, 0.717) is 5.92 Å². The molecule has 0 saturated carbocycles. The number of hydrogen-bond acceptors (Lipinski definition) is 3. The molecule has 0 amide bonds. The van der Waals surface area contributed by atoms with E-state index < -0.39 is 9.73 Å². The summed E-state index contributed by atoms with van der Waals surface area (Å²) in [6.45, 7) is 4.15. The van der Waals surface area contributed by atoms with Crippen molar-refractivity contribution in [3.05, 3.63) is 24.3 Å². The van der Waals surface area contributed by atoms with E-state index in [2.05, 4.69) is 23.5 Å². The number of nitrogens with one attached hydrogen (secondary N) is 1. The predicted molar refractivity (Wildman–Crippen MR) is 63.5 cm³/mol. The lowest BCUT2D eigenvalue weighted by Gasteiger charge is -2.27. The summed E-state index contributed by atoms with van der Waals surface area (Å²) in [6, 6.07) is 7.69. The largest absolute Gasteiger partial charge is 0.362 e. The number of nitrogens with zero attached hydrogens (tertiary/aromatic N) is 1. The smallest absolute Gasteiger partial charge is 0.130 e. The number of para-hydroxylation sites is 1. The molecule has 1 aromatic carbocycles. The maximum Gasteiger partial charge on any atom is 0.130 e. The highest BCUT2D eigenvalue weighted by Crippen LogP contribution is 2.29. The summed E-state index contributed by atoms with van der Waals surface area (Å²) in [4.78, 5) is 0.821. The van der Waals surface area contributed by atoms with Crippen LogP contribution < -0.4 is 5.32 Å². The lowest BCUT2D eigenvalue weighted by molar-refractivity contribution is 0.537. The van der Waals surface area contributed by atoms with Crippen molar-refractivity contribution in [2.75, 3.05) is 11.6 Å². The van der Waals surface area contributed by atoms with Gasteiger partial charge in [0.2, 0.25) is 0 Å². The van der Waals surface area contributed by atoms with E-state index in [-0.39, 0.29) is 6.17 Å². The molecule has 4 heteroatoms. The molecule has 0 aliphatic carbocycles. The molecular formula is C11H16N2OS. The molecule has 3 nitrogen and oxygen atoms in total. The van der Waals surface area contributed by atoms with Crippen LogP contribution in [0.4, 0.5) is 5.69 Å². The summed E-state index contributed by atoms with van der Waals surface area (Å²) in [7, 11) is -2.22. The molecule has 2 atom stereocenters. The summed E-state index contributed by atoms with van der Waals surface area (Å²) < 4.78 is 16.7. The fourth-order valence-corrected chi connectivity index (χ4v) is 3.37. The van der Waals surface area contributed by atoms with Gasteiger partial charge < -0.3 is 5.32 Å². The second-order valence-electron chi connectivity index (χ2n) is 4.24. The summed E-state index contributed by atoms with van der Waals surface area (Å²) in [5.41, 5.74) is 0.957. The molecule has 0 radical (unpaired) electrons. The topological polar surface area (TPSA) is 41.5 Å². The van der Waals surface area contributed by atoms with Crippen LogP contribution in [0.25, 0.3) is 0 Å². The Labute approximate surface area is 91.1 Å². The van der Waals surface area contributed by atoms with E-state index in [1.54, 1.807) is 6.26 Å². The first-order valence-electron chi connectivity index (χ1n) is 5.07. The quantitative estimate of drug-likeness (QED) is 0.796. The molecule has 0 aromatic heterocycles. The van der Waals surface area contributed by atoms with Crippen molar-refractivity contribution in [1.29, 1.82) is 0 Å². The van der Waals surface area contributed by atoms with Crippen molar-refractivity contribution in [2.45, 2.75) is 24.9 Å². The Balaban J connectivity index is 2.57. The second kappa shape index (κ2) is 3.52. The van der Waals surface area contributed by atoms with Crippen LogP contribution in [0.5, 0.6) is 0 Å². The molecule has 1 aliphatic heterocycles. The number of benzene rings is 1. The normalized spacial score (nSPS) is 29.2. The van der Waals surface area contributed by atoms with E-state index in [0.717, 1.165) is 10.6 Å². The molecule has 1 heterocycles. The van der Waals surface area contributed by atoms with Gasteiger partial charge in [-0.15, -0.1) is 0 Å². The molecule has 2 rings (SSSR count). The minimum absolute atomic E-state index is 0.0441. The lowest BCUT2D eigenvalue weighted by Crippen LogP contribution is -2.29. The van der Waals surface area contributed by atoms with Gasteiger partial charge in [-0.3, -0.25) is 0 Å². The van der Waals surface area contributed by atoms with Gasteiger partial charge in [0.25, 0.3) is 0 Å². The Morgan fingerprint density at radius 2 is 2.07 bits per heavy atom. The Morgan fingerprint density at radius 3 is 2.73 bits per heavy atom. The van der Waals surface area contributed by atoms with E-state index in [1.165, 1.54) is 0 Å². The Hall–Kier alpha value is -1.03. The minimum atomic E-state index is -2.22. The predicted octanol–water partition coefficient (Wildman–Crippen LogP) is 2.55. The fraction of sp³-hybridized carbons (Fsp3) is 0.455. The van der Waals surface area contributed by atoms with Crippen molar-refractivity contribution < 1.29 is 4.21 Å². The minimum Gasteiger partial charge on any atom is -0.362 e. The van der Waals surface area contributed by atoms with Gasteiger partial charge in [0.1, 0.15) is 6.17 Å². The molecular weight excluding hydrogens is 208 g/mol. The summed E-state index contributed by atoms with van der Waals surface area (Å²) >= 11 is 0. The summed E-state index contributed by atoms with van der Waals surface area (Å²) in [6.07, 6.45) is 1.67. The molecule has 0 bridgehead atoms. The van der Waals surface area contributed by atoms with Gasteiger partial charge in [-0.2, -0.15) is 0 Å². The van der Waals surface area contributed by atoms with Crippen LogP contribution in [0.1, 0.15) is 13.8 Å². The van der Waals surface area contributed by atoms with Crippen LogP contribution in [0.2, 0.25) is 0 Å². The van der Waals surface area contributed by atoms with Gasteiger partial charge in [0.05, 0.1) is 20.3 Å². The number of hydrogen-bond donors (Lipinski definition) is 1. The molecule has 1 N–H and O–H groups in total. The van der Waals surface area contributed by atoms with E-state index >= 15 is 0 Å². The zero-order valence-electron chi connectivity index (χ0n) is 9.23. The maximum absolute atomic E-state index is 12.3. The van der Waals surface area contributed by atoms with Crippen molar-refractivity contribution in [1.82, 2.24) is 0 Å². The highest BCUT2D eigenvalue weighted by molar-refractivity contribution is 7.93. The van der Waals surface area contributed by atoms with E-state index in [1.807, 2.05) is 24.3 Å². The van der Waals surface area contributed by atoms with Crippen LogP contribution in [-0.4, -0.2) is 16.6 Å². The highest BCUT2D eigenvalue weighted by Gasteiger charge is 2.23. The summed E-state index contributed by atoms with van der Waals surface area (Å²) in [5.74, 6) is 0.346. The van der Waals surface area contributed by atoms with Gasteiger partial charge in [-0.1, -0.05) is 26.0 Å². The van der Waals surface area contributed by atoms with Crippen LogP contribution in [-0.2, 0) is 9.73 Å². The molecule has 0 spiro atoms. The van der Waals surface area contributed by atoms with Gasteiger partial charge in [-0.05, 0) is 18.1 Å². The Kier molecular flexibility index (Phi) is 2.46. The van der Waals surface area contributed by atoms with E-state index in [4.69, 9.17) is 0 Å². The molecule has 2 unspecified atom stereocenters. The average Bonchev–Trinajstić information content (AvgIpc) is 2.16. The van der Waals surface area contributed by atoms with Crippen LogP contribution >= 0.6 is 0 Å². The number of rotatable bonds is 1. The Morgan fingerprint density at radius 1 is 1.40 bits per heavy atom. The van der Waals surface area contributed by atoms with Crippen LogP contribution in [0.3, 0.4) is 0 Å². The highest BCUT2D eigenvalue weighted by atomic mass is 32.2. The van der Waals surface area contributed by atoms with Gasteiger partial charge in [0.15, 0.2) is 0 Å². The van der Waals surface area contributed by atoms with Gasteiger partial charge in [-0.25, -0.2) is 8.57 Å². The molecule has 82 valence electrons. The standard InChI is InChI=1S/C11H16N2OS/c1-8(2)11-12-9-6-4-5-7-10(9)15(3,14)13-11/h4-8,11-12H,1-3H3. The molecule has 1 aromatic rings. The van der Waals surface area contributed by atoms with Gasteiger partial charge in [0, 0.05) is 6.26 Å². The van der Waals surface area contributed by atoms with Crippen LogP contribution in [0, 0.1) is 5.92 Å². The molecule has 0 fully saturated rings. The van der Waals surface area contributed by atoms with Crippen LogP contribution in [0.15, 0.2) is 33.5 Å². The third-order valence-electron chi connectivity index (χ3n) is 2.54. The number of fused-ring (bicyclic) bond motifs is 1. The maximum atomic E-state index is 12.3. The fourth-order valence-electron chi connectivity index (χ4n) is 1.66. The molecule has 15 heavy (non-hydrogen) atoms. The Bertz CT molecular complexity index is 487. The first-order chi connectivity index (χ1) is 7.00. The monoisotopic (exact) mass is 224 g/mol. The first-order valence-corrected chi connectivity index (χ1v) is 7.00. The van der Waals surface area contributed by atoms with Crippen molar-refractivity contribution in [3.63, 3.8) is 0 Å². The average molecular weight is 224 g/mol. The summed E-state index contributed by atoms with van der Waals surface area (Å²) in [5, 5.41) is 3.31. The first kappa shape index (κ1) is 10.5. The molecule has 1 aliphatic rings. The SMILES string of the molecule is CC(C)C1N=S(C)(=O)c2ccccc2N1. The second-order valence-corrected chi connectivity index (χ2v) is 6.49. The van der Waals surface area contributed by atoms with Crippen molar-refractivity contribution >= 4 is 15.4 Å². The van der Waals surface area contributed by atoms with Crippen molar-refractivity contribution in [3.8, 4) is 0 Å². The molecule has 0 saturated heterocycles. The number of anilines is 1. The van der Waals surface area contributed by atoms with Gasteiger partial charge >= 0.3 is 0 Å². The third-order valence-corrected chi connectivity index (χ3v) is 4.35.